The molecule has 182 valence electrons. The summed E-state index contributed by atoms with van der Waals surface area (Å²) in [5, 5.41) is 10.8. The number of ether oxygens (including phenoxy) is 2. The number of morpholine rings is 1. The summed E-state index contributed by atoms with van der Waals surface area (Å²) in [6, 6.07) is 15.4. The lowest BCUT2D eigenvalue weighted by Crippen LogP contribution is -2.36. The molecule has 1 saturated heterocycles. The van der Waals surface area contributed by atoms with Gasteiger partial charge in [-0.2, -0.15) is 0 Å². The third-order valence-corrected chi connectivity index (χ3v) is 5.68. The largest absolute Gasteiger partial charge is 0.460 e. The number of Topliss-reactive ketones (excluding diaryl/α,β-unsaturated/α-hetero) is 1. The average molecular weight is 479 g/mol. The first kappa shape index (κ1) is 24.1. The lowest BCUT2D eigenvalue weighted by molar-refractivity contribution is -0.384. The monoisotopic (exact) mass is 479 g/mol. The van der Waals surface area contributed by atoms with Crippen molar-refractivity contribution in [1.29, 1.82) is 0 Å². The van der Waals surface area contributed by atoms with Crippen LogP contribution in [0.15, 0.2) is 59.0 Å². The van der Waals surface area contributed by atoms with E-state index in [0.29, 0.717) is 49.9 Å². The molecule has 0 N–H and O–H groups in total. The van der Waals surface area contributed by atoms with Crippen molar-refractivity contribution in [3.05, 3.63) is 87.4 Å². The number of carbonyl (C=O) groups is 2. The first-order valence-electron chi connectivity index (χ1n) is 11.2. The number of esters is 1. The molecule has 1 aliphatic heterocycles. The molecule has 2 heterocycles. The minimum atomic E-state index is -1.13. The second-order valence-corrected chi connectivity index (χ2v) is 8.15. The number of non-ortho nitro benzene ring substituents is 1. The highest BCUT2D eigenvalue weighted by Crippen LogP contribution is 2.27. The number of hydrogen-bond donors (Lipinski definition) is 0. The summed E-state index contributed by atoms with van der Waals surface area (Å²) in [6.07, 6.45) is 0.475. The molecule has 0 aliphatic carbocycles. The number of nitrogens with zero attached hydrogens (tertiary/aromatic N) is 3. The molecule has 1 atom stereocenters. The smallest absolute Gasteiger partial charge is 0.317 e. The molecule has 1 aliphatic rings. The van der Waals surface area contributed by atoms with Crippen molar-refractivity contribution in [3.63, 3.8) is 0 Å². The average Bonchev–Trinajstić information content (AvgIpc) is 3.31. The fourth-order valence-corrected chi connectivity index (χ4v) is 3.65. The number of rotatable bonds is 9. The Labute approximate surface area is 201 Å². The Balaban J connectivity index is 1.46. The van der Waals surface area contributed by atoms with Crippen molar-refractivity contribution < 1.29 is 28.4 Å². The number of ketones is 1. The van der Waals surface area contributed by atoms with Crippen LogP contribution >= 0.6 is 0 Å². The minimum Gasteiger partial charge on any atom is -0.460 e. The summed E-state index contributed by atoms with van der Waals surface area (Å²) in [4.78, 5) is 42.3. The highest BCUT2D eigenvalue weighted by atomic mass is 16.6. The van der Waals surface area contributed by atoms with Gasteiger partial charge in [-0.15, -0.1) is 0 Å². The van der Waals surface area contributed by atoms with Gasteiger partial charge in [-0.1, -0.05) is 30.3 Å². The molecule has 10 heteroatoms. The van der Waals surface area contributed by atoms with Gasteiger partial charge in [0.2, 0.25) is 11.7 Å². The van der Waals surface area contributed by atoms with Crippen molar-refractivity contribution in [2.45, 2.75) is 20.0 Å². The Morgan fingerprint density at radius 2 is 1.77 bits per heavy atom. The molecular formula is C25H25N3O7. The molecule has 0 radical (unpaired) electrons. The van der Waals surface area contributed by atoms with Crippen LogP contribution in [0.25, 0.3) is 0 Å². The Hall–Kier alpha value is -4.05. The van der Waals surface area contributed by atoms with E-state index in [-0.39, 0.29) is 18.2 Å². The van der Waals surface area contributed by atoms with Gasteiger partial charge in [0.15, 0.2) is 0 Å². The number of nitro benzene ring substituents is 1. The SMILES string of the molecule is CC(C(=O)OCc1ccc([N+](=O)[O-])cc1)C(=O)c1nc(Cc2ccccc2)c(N2CCOCC2)o1. The van der Waals surface area contributed by atoms with Crippen molar-refractivity contribution in [2.24, 2.45) is 5.92 Å². The molecule has 0 spiro atoms. The Bertz CT molecular complexity index is 1190. The van der Waals surface area contributed by atoms with Crippen LogP contribution in [0.4, 0.5) is 11.6 Å². The van der Waals surface area contributed by atoms with Crippen molar-refractivity contribution in [1.82, 2.24) is 4.98 Å². The quantitative estimate of drug-likeness (QED) is 0.149. The number of oxazole rings is 1. The van der Waals surface area contributed by atoms with Gasteiger partial charge >= 0.3 is 5.97 Å². The van der Waals surface area contributed by atoms with Crippen LogP contribution in [0.1, 0.15) is 34.4 Å². The Morgan fingerprint density at radius 3 is 2.43 bits per heavy atom. The highest BCUT2D eigenvalue weighted by molar-refractivity contribution is 6.06. The first-order valence-corrected chi connectivity index (χ1v) is 11.2. The fourth-order valence-electron chi connectivity index (χ4n) is 3.65. The summed E-state index contributed by atoms with van der Waals surface area (Å²) >= 11 is 0. The van der Waals surface area contributed by atoms with Crippen LogP contribution in [0.3, 0.4) is 0 Å². The molecule has 1 fully saturated rings. The van der Waals surface area contributed by atoms with E-state index in [9.17, 15) is 19.7 Å². The molecule has 0 bridgehead atoms. The number of anilines is 1. The number of aromatic nitrogens is 1. The second kappa shape index (κ2) is 10.9. The predicted molar refractivity (Wildman–Crippen MR) is 125 cm³/mol. The van der Waals surface area contributed by atoms with E-state index in [0.717, 1.165) is 5.56 Å². The summed E-state index contributed by atoms with van der Waals surface area (Å²) in [5.41, 5.74) is 2.15. The molecule has 3 aromatic rings. The molecule has 35 heavy (non-hydrogen) atoms. The van der Waals surface area contributed by atoms with Gasteiger partial charge < -0.3 is 18.8 Å². The molecule has 2 aromatic carbocycles. The Morgan fingerprint density at radius 1 is 1.09 bits per heavy atom. The zero-order valence-corrected chi connectivity index (χ0v) is 19.2. The molecule has 4 rings (SSSR count). The van der Waals surface area contributed by atoms with Crippen LogP contribution in [0.2, 0.25) is 0 Å². The standard InChI is InChI=1S/C25H25N3O7/c1-17(25(30)34-16-19-7-9-20(10-8-19)28(31)32)22(29)23-26-21(15-18-5-3-2-4-6-18)24(35-23)27-11-13-33-14-12-27/h2-10,17H,11-16H2,1H3. The van der Waals surface area contributed by atoms with Gasteiger partial charge in [0.05, 0.1) is 18.1 Å². The van der Waals surface area contributed by atoms with Crippen LogP contribution < -0.4 is 4.90 Å². The normalized spacial score (nSPS) is 14.4. The maximum atomic E-state index is 13.0. The third-order valence-electron chi connectivity index (χ3n) is 5.68. The van der Waals surface area contributed by atoms with Crippen LogP contribution in [0.5, 0.6) is 0 Å². The number of nitro groups is 1. The summed E-state index contributed by atoms with van der Waals surface area (Å²) in [5.74, 6) is -2.07. The molecule has 1 unspecified atom stereocenters. The van der Waals surface area contributed by atoms with Gasteiger partial charge in [0.1, 0.15) is 18.2 Å². The van der Waals surface area contributed by atoms with Crippen LogP contribution in [-0.2, 0) is 27.3 Å². The highest BCUT2D eigenvalue weighted by Gasteiger charge is 2.31. The second-order valence-electron chi connectivity index (χ2n) is 8.15. The molecule has 0 saturated carbocycles. The van der Waals surface area contributed by atoms with E-state index in [1.165, 1.54) is 31.2 Å². The van der Waals surface area contributed by atoms with Gasteiger partial charge in [-0.25, -0.2) is 4.98 Å². The van der Waals surface area contributed by atoms with Gasteiger partial charge in [-0.05, 0) is 30.2 Å². The zero-order chi connectivity index (χ0) is 24.8. The van der Waals surface area contributed by atoms with E-state index in [1.54, 1.807) is 0 Å². The summed E-state index contributed by atoms with van der Waals surface area (Å²) in [7, 11) is 0. The van der Waals surface area contributed by atoms with Gasteiger partial charge in [-0.3, -0.25) is 19.7 Å². The lowest BCUT2D eigenvalue weighted by atomic mass is 10.1. The summed E-state index contributed by atoms with van der Waals surface area (Å²) < 4.78 is 16.6. The minimum absolute atomic E-state index is 0.0603. The zero-order valence-electron chi connectivity index (χ0n) is 19.2. The maximum absolute atomic E-state index is 13.0. The lowest BCUT2D eigenvalue weighted by Gasteiger charge is -2.26. The van der Waals surface area contributed by atoms with E-state index < -0.39 is 22.6 Å². The van der Waals surface area contributed by atoms with Gasteiger partial charge in [0.25, 0.3) is 11.6 Å². The Kier molecular flexibility index (Phi) is 7.51. The van der Waals surface area contributed by atoms with Crippen molar-refractivity contribution in [3.8, 4) is 0 Å². The molecule has 0 amide bonds. The fraction of sp³-hybridized carbons (Fsp3) is 0.320. The van der Waals surface area contributed by atoms with Gasteiger partial charge in [0, 0.05) is 31.6 Å². The van der Waals surface area contributed by atoms with Crippen LogP contribution in [0, 0.1) is 16.0 Å². The van der Waals surface area contributed by atoms with Crippen molar-refractivity contribution in [2.75, 3.05) is 31.2 Å². The first-order chi connectivity index (χ1) is 16.9. The topological polar surface area (TPSA) is 125 Å². The number of benzene rings is 2. The van der Waals surface area contributed by atoms with E-state index in [4.69, 9.17) is 13.9 Å². The van der Waals surface area contributed by atoms with Crippen LogP contribution in [-0.4, -0.2) is 48.0 Å². The number of hydrogen-bond acceptors (Lipinski definition) is 9. The van der Waals surface area contributed by atoms with E-state index >= 15 is 0 Å². The molecule has 10 nitrogen and oxygen atoms in total. The maximum Gasteiger partial charge on any atom is 0.317 e. The van der Waals surface area contributed by atoms with E-state index in [1.807, 2.05) is 35.2 Å². The van der Waals surface area contributed by atoms with Crippen molar-refractivity contribution >= 4 is 23.3 Å². The van der Waals surface area contributed by atoms with E-state index in [2.05, 4.69) is 4.98 Å². The third kappa shape index (κ3) is 5.90. The number of carbonyl (C=O) groups excluding carboxylic acids is 2. The predicted octanol–water partition coefficient (Wildman–Crippen LogP) is 3.57. The molecule has 1 aromatic heterocycles. The molecular weight excluding hydrogens is 454 g/mol. The summed E-state index contributed by atoms with van der Waals surface area (Å²) in [6.45, 7) is 3.63.